The fraction of sp³-hybridized carbons (Fsp3) is 0.769. The number of carbonyl (C=O) groups is 2. The number of unbranched alkanes of at least 4 members (excludes halogenated alkanes) is 37. The van der Waals surface area contributed by atoms with Crippen LogP contribution in [0.1, 0.15) is 335 Å². The van der Waals surface area contributed by atoms with Crippen molar-refractivity contribution in [3.8, 4) is 0 Å². The summed E-state index contributed by atoms with van der Waals surface area (Å²) in [7, 11) is 1.18. The first-order valence-electron chi connectivity index (χ1n) is 37.0. The maximum atomic E-state index is 13.6. The second-order valence-corrected chi connectivity index (χ2v) is 27.5. The van der Waals surface area contributed by atoms with Crippen LogP contribution in [0.4, 0.5) is 0 Å². The van der Waals surface area contributed by atoms with E-state index in [1.165, 1.54) is 193 Å². The molecule has 0 aromatic carbocycles. The van der Waals surface area contributed by atoms with Gasteiger partial charge in [-0.25, -0.2) is 0 Å². The Labute approximate surface area is 545 Å². The molecule has 0 aliphatic heterocycles. The van der Waals surface area contributed by atoms with Gasteiger partial charge in [0.15, 0.2) is 0 Å². The number of esters is 1. The highest BCUT2D eigenvalue weighted by atomic mass is 31.2. The quantitative estimate of drug-likeness (QED) is 0.0212. The largest absolute Gasteiger partial charge is 0.756 e. The molecule has 0 aliphatic rings. The molecule has 10 heteroatoms. The molecule has 9 nitrogen and oxygen atoms in total. The standard InChI is InChI=1S/C78H141N2O7P/c1-7-10-13-16-19-22-25-28-30-32-34-36-38-40-42-44-46-48-50-52-55-58-61-64-67-70-77(81)79-75(74-86-88(83,84)85-73-72-80(4,5)6)76(69-66-63-60-57-54-27-24-21-18-15-12-9-3)87-78(82)71-68-65-62-59-56-53-51-49-47-45-43-41-39-37-35-33-31-29-26-23-20-17-14-11-8-2/h10,13,19-20,22-23,28-31,34,36,40,42,66,69,75-76H,7-9,11-12,14-18,21,24-27,32-33,35,37-39,41,43-65,67-68,70-74H2,1-6H3,(H-,79,81,83,84)/b13-10-,22-19-,23-20-,30-28-,31-29-,36-34-,42-40-,69-66+. The summed E-state index contributed by atoms with van der Waals surface area (Å²) in [6.45, 7) is 6.73. The Bertz CT molecular complexity index is 1830. The van der Waals surface area contributed by atoms with Gasteiger partial charge in [0.1, 0.15) is 19.3 Å². The molecule has 0 aromatic rings. The maximum Gasteiger partial charge on any atom is 0.306 e. The van der Waals surface area contributed by atoms with E-state index < -0.39 is 26.6 Å². The minimum absolute atomic E-state index is 0.0263. The number of amides is 1. The predicted octanol–water partition coefficient (Wildman–Crippen LogP) is 23.2. The predicted molar refractivity (Wildman–Crippen MR) is 381 cm³/mol. The van der Waals surface area contributed by atoms with Crippen LogP contribution in [0.5, 0.6) is 0 Å². The number of hydrogen-bond acceptors (Lipinski definition) is 7. The van der Waals surface area contributed by atoms with Crippen molar-refractivity contribution >= 4 is 19.7 Å². The highest BCUT2D eigenvalue weighted by Crippen LogP contribution is 2.38. The first kappa shape index (κ1) is 84.9. The summed E-state index contributed by atoms with van der Waals surface area (Å²) in [6.07, 6.45) is 91.0. The van der Waals surface area contributed by atoms with Gasteiger partial charge in [0.05, 0.1) is 33.8 Å². The summed E-state index contributed by atoms with van der Waals surface area (Å²) in [6, 6.07) is -0.897. The van der Waals surface area contributed by atoms with Gasteiger partial charge in [-0.15, -0.1) is 0 Å². The number of phosphoric acid groups is 1. The third-order valence-corrected chi connectivity index (χ3v) is 17.2. The molecular weight excluding hydrogens is 1110 g/mol. The third-order valence-electron chi connectivity index (χ3n) is 16.2. The number of hydrogen-bond donors (Lipinski definition) is 1. The van der Waals surface area contributed by atoms with E-state index in [-0.39, 0.29) is 24.9 Å². The van der Waals surface area contributed by atoms with Gasteiger partial charge in [-0.2, -0.15) is 0 Å². The van der Waals surface area contributed by atoms with Gasteiger partial charge in [0, 0.05) is 12.8 Å². The zero-order valence-electron chi connectivity index (χ0n) is 58.4. The minimum atomic E-state index is -4.71. The highest BCUT2D eigenvalue weighted by molar-refractivity contribution is 7.45. The molecule has 88 heavy (non-hydrogen) atoms. The van der Waals surface area contributed by atoms with E-state index in [1.807, 2.05) is 33.3 Å². The first-order valence-corrected chi connectivity index (χ1v) is 38.5. The number of quaternary nitrogens is 1. The number of allylic oxidation sites excluding steroid dienone is 15. The summed E-state index contributed by atoms with van der Waals surface area (Å²) in [5.41, 5.74) is 0. The Morgan fingerprint density at radius 3 is 1.11 bits per heavy atom. The number of ether oxygens (including phenoxy) is 1. The van der Waals surface area contributed by atoms with Gasteiger partial charge in [-0.3, -0.25) is 14.2 Å². The van der Waals surface area contributed by atoms with Crippen LogP contribution >= 0.6 is 7.82 Å². The maximum absolute atomic E-state index is 13.6. The van der Waals surface area contributed by atoms with E-state index in [1.54, 1.807) is 0 Å². The van der Waals surface area contributed by atoms with Crippen LogP contribution in [0.15, 0.2) is 97.2 Å². The van der Waals surface area contributed by atoms with Crippen LogP contribution in [0, 0.1) is 0 Å². The molecule has 3 unspecified atom stereocenters. The van der Waals surface area contributed by atoms with E-state index in [0.29, 0.717) is 17.4 Å². The van der Waals surface area contributed by atoms with Crippen LogP contribution in [0.2, 0.25) is 0 Å². The lowest BCUT2D eigenvalue weighted by molar-refractivity contribution is -0.870. The van der Waals surface area contributed by atoms with E-state index in [0.717, 1.165) is 109 Å². The molecule has 0 saturated carbocycles. The molecule has 3 atom stereocenters. The summed E-state index contributed by atoms with van der Waals surface area (Å²) in [5.74, 6) is -0.541. The topological polar surface area (TPSA) is 114 Å². The van der Waals surface area contributed by atoms with Crippen molar-refractivity contribution in [3.05, 3.63) is 97.2 Å². The molecular formula is C78H141N2O7P. The molecule has 1 amide bonds. The fourth-order valence-electron chi connectivity index (χ4n) is 10.6. The monoisotopic (exact) mass is 1250 g/mol. The molecule has 0 radical (unpaired) electrons. The SMILES string of the molecule is CC/C=C\C/C=C\C/C=C\C/C=C\C/C=C\CCCCCCCCCCCC(=O)NC(COP(=O)([O-])OCC[N+](C)(C)C)C(/C=C/CCCCCCCCCCCC)OC(=O)CCCCCCCCCCCCCCCCC/C=C\C/C=C\CCCCC. The second-order valence-electron chi connectivity index (χ2n) is 26.1. The molecule has 1 N–H and O–H groups in total. The van der Waals surface area contributed by atoms with Crippen molar-refractivity contribution in [2.24, 2.45) is 0 Å². The zero-order chi connectivity index (χ0) is 64.2. The Hall–Kier alpha value is -3.07. The molecule has 0 heterocycles. The fourth-order valence-corrected chi connectivity index (χ4v) is 11.3. The van der Waals surface area contributed by atoms with Gasteiger partial charge < -0.3 is 28.5 Å². The normalized spacial score (nSPS) is 14.0. The van der Waals surface area contributed by atoms with Crippen molar-refractivity contribution in [1.29, 1.82) is 0 Å². The summed E-state index contributed by atoms with van der Waals surface area (Å²) in [4.78, 5) is 40.3. The second kappa shape index (κ2) is 66.8. The zero-order valence-corrected chi connectivity index (χ0v) is 59.3. The van der Waals surface area contributed by atoms with Crippen molar-refractivity contribution in [3.63, 3.8) is 0 Å². The smallest absolute Gasteiger partial charge is 0.306 e. The molecule has 0 spiro atoms. The third kappa shape index (κ3) is 67.3. The van der Waals surface area contributed by atoms with Gasteiger partial charge in [-0.05, 0) is 109 Å². The average molecular weight is 1250 g/mol. The number of nitrogens with zero attached hydrogens (tertiary/aromatic N) is 1. The van der Waals surface area contributed by atoms with E-state index >= 15 is 0 Å². The van der Waals surface area contributed by atoms with Gasteiger partial charge in [0.2, 0.25) is 5.91 Å². The number of likely N-dealkylation sites (N-methyl/N-ethyl adjacent to an activating group) is 1. The van der Waals surface area contributed by atoms with Crippen LogP contribution in [-0.4, -0.2) is 69.4 Å². The first-order chi connectivity index (χ1) is 42.9. The van der Waals surface area contributed by atoms with Crippen LogP contribution < -0.4 is 10.2 Å². The molecule has 0 saturated heterocycles. The number of rotatable bonds is 67. The summed E-state index contributed by atoms with van der Waals surface area (Å²) < 4.78 is 30.5. The molecule has 0 bridgehead atoms. The van der Waals surface area contributed by atoms with Gasteiger partial charge in [-0.1, -0.05) is 311 Å². The molecule has 0 aliphatic carbocycles. The van der Waals surface area contributed by atoms with Crippen molar-refractivity contribution < 1.29 is 37.3 Å². The Kier molecular flexibility index (Phi) is 64.5. The lowest BCUT2D eigenvalue weighted by Crippen LogP contribution is -2.47. The summed E-state index contributed by atoms with van der Waals surface area (Å²) in [5, 5.41) is 3.04. The van der Waals surface area contributed by atoms with E-state index in [2.05, 4.69) is 111 Å². The Balaban J connectivity index is 5.03. The van der Waals surface area contributed by atoms with Gasteiger partial charge in [0.25, 0.3) is 7.82 Å². The number of carbonyl (C=O) groups excluding carboxylic acids is 2. The molecule has 0 fully saturated rings. The van der Waals surface area contributed by atoms with E-state index in [9.17, 15) is 19.0 Å². The Morgan fingerprint density at radius 1 is 0.409 bits per heavy atom. The molecule has 0 rings (SSSR count). The number of nitrogens with one attached hydrogen (secondary N) is 1. The lowest BCUT2D eigenvalue weighted by atomic mass is 10.0. The van der Waals surface area contributed by atoms with Crippen molar-refractivity contribution in [2.45, 2.75) is 348 Å². The van der Waals surface area contributed by atoms with Crippen molar-refractivity contribution in [2.75, 3.05) is 40.9 Å². The average Bonchev–Trinajstić information content (AvgIpc) is 3.71. The molecule has 0 aromatic heterocycles. The van der Waals surface area contributed by atoms with Crippen LogP contribution in [-0.2, 0) is 27.9 Å². The van der Waals surface area contributed by atoms with Crippen LogP contribution in [0.3, 0.4) is 0 Å². The molecule has 510 valence electrons. The highest BCUT2D eigenvalue weighted by Gasteiger charge is 2.27. The minimum Gasteiger partial charge on any atom is -0.756 e. The number of phosphoric ester groups is 1. The van der Waals surface area contributed by atoms with Crippen molar-refractivity contribution in [1.82, 2.24) is 5.32 Å². The summed E-state index contributed by atoms with van der Waals surface area (Å²) >= 11 is 0. The van der Waals surface area contributed by atoms with Crippen LogP contribution in [0.25, 0.3) is 0 Å². The Morgan fingerprint density at radius 2 is 0.727 bits per heavy atom. The van der Waals surface area contributed by atoms with Gasteiger partial charge >= 0.3 is 5.97 Å². The van der Waals surface area contributed by atoms with E-state index in [4.69, 9.17) is 13.8 Å². The lowest BCUT2D eigenvalue weighted by Gasteiger charge is -2.30.